The molecule has 0 radical (unpaired) electrons. The second-order valence-corrected chi connectivity index (χ2v) is 6.00. The Morgan fingerprint density at radius 2 is 2.29 bits per heavy atom. The number of urea groups is 1. The van der Waals surface area contributed by atoms with E-state index in [2.05, 4.69) is 15.5 Å². The highest BCUT2D eigenvalue weighted by Gasteiger charge is 2.29. The Morgan fingerprint density at radius 3 is 3.05 bits per heavy atom. The summed E-state index contributed by atoms with van der Waals surface area (Å²) in [6.45, 7) is 2.76. The van der Waals surface area contributed by atoms with Crippen molar-refractivity contribution < 1.29 is 9.32 Å². The maximum absolute atomic E-state index is 12.1. The van der Waals surface area contributed by atoms with Crippen LogP contribution in [0, 0.1) is 5.92 Å². The van der Waals surface area contributed by atoms with E-state index >= 15 is 0 Å². The van der Waals surface area contributed by atoms with Gasteiger partial charge in [0.2, 0.25) is 5.89 Å². The molecule has 1 aromatic heterocycles. The summed E-state index contributed by atoms with van der Waals surface area (Å²) >= 11 is 0. The first-order valence-corrected chi connectivity index (χ1v) is 7.81. The quantitative estimate of drug-likeness (QED) is 0.839. The molecule has 2 heterocycles. The Kier molecular flexibility index (Phi) is 4.38. The van der Waals surface area contributed by atoms with Crippen LogP contribution in [0.1, 0.15) is 43.3 Å². The summed E-state index contributed by atoms with van der Waals surface area (Å²) in [7, 11) is 0. The number of nitrogens with one attached hydrogen (secondary N) is 1. The summed E-state index contributed by atoms with van der Waals surface area (Å²) in [5.41, 5.74) is 5.69. The molecule has 0 bridgehead atoms. The van der Waals surface area contributed by atoms with E-state index in [1.807, 2.05) is 4.90 Å². The zero-order valence-corrected chi connectivity index (χ0v) is 12.3. The number of carbonyl (C=O) groups excluding carboxylic acids is 1. The van der Waals surface area contributed by atoms with Crippen molar-refractivity contribution in [2.24, 2.45) is 11.7 Å². The van der Waals surface area contributed by atoms with Gasteiger partial charge in [-0.2, -0.15) is 4.98 Å². The van der Waals surface area contributed by atoms with Crippen molar-refractivity contribution in [2.75, 3.05) is 26.2 Å². The van der Waals surface area contributed by atoms with E-state index in [9.17, 15) is 4.79 Å². The normalized spacial score (nSPS) is 22.3. The number of hydrogen-bond donors (Lipinski definition) is 2. The lowest BCUT2D eigenvalue weighted by atomic mass is 9.99. The van der Waals surface area contributed by atoms with E-state index in [0.29, 0.717) is 37.2 Å². The van der Waals surface area contributed by atoms with Gasteiger partial charge in [0.25, 0.3) is 0 Å². The summed E-state index contributed by atoms with van der Waals surface area (Å²) in [5.74, 6) is 2.33. The lowest BCUT2D eigenvalue weighted by molar-refractivity contribution is 0.167. The van der Waals surface area contributed by atoms with Gasteiger partial charge in [0.15, 0.2) is 5.82 Å². The fraction of sp³-hybridized carbons (Fsp3) is 0.786. The smallest absolute Gasteiger partial charge is 0.317 e. The molecule has 2 amide bonds. The average Bonchev–Trinajstić information content (AvgIpc) is 3.27. The van der Waals surface area contributed by atoms with Crippen molar-refractivity contribution >= 4 is 6.03 Å². The lowest BCUT2D eigenvalue weighted by Gasteiger charge is -2.32. The zero-order chi connectivity index (χ0) is 14.7. The predicted molar refractivity (Wildman–Crippen MR) is 76.7 cm³/mol. The van der Waals surface area contributed by atoms with Crippen LogP contribution in [0.5, 0.6) is 0 Å². The molecule has 3 N–H and O–H groups in total. The Morgan fingerprint density at radius 1 is 1.43 bits per heavy atom. The van der Waals surface area contributed by atoms with E-state index in [-0.39, 0.29) is 6.03 Å². The molecule has 116 valence electrons. The van der Waals surface area contributed by atoms with E-state index < -0.39 is 0 Å². The third-order valence-corrected chi connectivity index (χ3v) is 4.17. The second kappa shape index (κ2) is 6.43. The van der Waals surface area contributed by atoms with Gasteiger partial charge in [0.1, 0.15) is 0 Å². The van der Waals surface area contributed by atoms with Gasteiger partial charge in [-0.1, -0.05) is 5.16 Å². The number of carbonyl (C=O) groups is 1. The molecule has 1 aliphatic heterocycles. The third kappa shape index (κ3) is 3.72. The SMILES string of the molecule is NC[C@@H]1CCCN(C(=O)NCCc2noc(C3CC3)n2)C1. The van der Waals surface area contributed by atoms with Crippen LogP contribution in [0.3, 0.4) is 0 Å². The second-order valence-electron chi connectivity index (χ2n) is 6.00. The van der Waals surface area contributed by atoms with Crippen LogP contribution >= 0.6 is 0 Å². The first-order valence-electron chi connectivity index (χ1n) is 7.81. The molecule has 7 heteroatoms. The molecule has 1 atom stereocenters. The van der Waals surface area contributed by atoms with Gasteiger partial charge in [0.05, 0.1) is 0 Å². The number of nitrogens with two attached hydrogens (primary N) is 1. The van der Waals surface area contributed by atoms with Crippen LogP contribution in [0.25, 0.3) is 0 Å². The van der Waals surface area contributed by atoms with E-state index in [1.54, 1.807) is 0 Å². The summed E-state index contributed by atoms with van der Waals surface area (Å²) in [6.07, 6.45) is 5.05. The molecule has 0 aromatic carbocycles. The van der Waals surface area contributed by atoms with Gasteiger partial charge in [-0.3, -0.25) is 0 Å². The number of amides is 2. The van der Waals surface area contributed by atoms with Gasteiger partial charge in [-0.05, 0) is 38.1 Å². The number of piperidine rings is 1. The molecule has 1 saturated heterocycles. The van der Waals surface area contributed by atoms with Crippen molar-refractivity contribution in [2.45, 2.75) is 38.0 Å². The van der Waals surface area contributed by atoms with Gasteiger partial charge in [-0.15, -0.1) is 0 Å². The molecular weight excluding hydrogens is 270 g/mol. The van der Waals surface area contributed by atoms with E-state index in [0.717, 1.165) is 44.7 Å². The van der Waals surface area contributed by atoms with Crippen molar-refractivity contribution in [3.63, 3.8) is 0 Å². The van der Waals surface area contributed by atoms with Crippen molar-refractivity contribution in [1.29, 1.82) is 0 Å². The van der Waals surface area contributed by atoms with Gasteiger partial charge < -0.3 is 20.5 Å². The highest BCUT2D eigenvalue weighted by Crippen LogP contribution is 2.38. The Balaban J connectivity index is 1.40. The summed E-state index contributed by atoms with van der Waals surface area (Å²) in [6, 6.07) is -0.0148. The number of aromatic nitrogens is 2. The highest BCUT2D eigenvalue weighted by molar-refractivity contribution is 5.74. The van der Waals surface area contributed by atoms with Crippen molar-refractivity contribution in [3.05, 3.63) is 11.7 Å². The Labute approximate surface area is 124 Å². The maximum Gasteiger partial charge on any atom is 0.317 e. The van der Waals surface area contributed by atoms with Crippen LogP contribution in [0.4, 0.5) is 4.79 Å². The largest absolute Gasteiger partial charge is 0.339 e. The molecule has 2 fully saturated rings. The fourth-order valence-electron chi connectivity index (χ4n) is 2.70. The Bertz CT molecular complexity index is 485. The number of nitrogens with zero attached hydrogens (tertiary/aromatic N) is 3. The first kappa shape index (κ1) is 14.3. The molecule has 1 saturated carbocycles. The molecule has 1 aromatic rings. The monoisotopic (exact) mass is 293 g/mol. The minimum Gasteiger partial charge on any atom is -0.339 e. The van der Waals surface area contributed by atoms with Crippen LogP contribution in [0.2, 0.25) is 0 Å². The van der Waals surface area contributed by atoms with Crippen molar-refractivity contribution in [3.8, 4) is 0 Å². The molecule has 3 rings (SSSR count). The maximum atomic E-state index is 12.1. The standard InChI is InChI=1S/C14H23N5O2/c15-8-10-2-1-7-19(9-10)14(20)16-6-5-12-17-13(21-18-12)11-3-4-11/h10-11H,1-9,15H2,(H,16,20)/t10-/m0/s1. The van der Waals surface area contributed by atoms with Crippen molar-refractivity contribution in [1.82, 2.24) is 20.4 Å². The topological polar surface area (TPSA) is 97.3 Å². The summed E-state index contributed by atoms with van der Waals surface area (Å²) in [5, 5.41) is 6.87. The highest BCUT2D eigenvalue weighted by atomic mass is 16.5. The zero-order valence-electron chi connectivity index (χ0n) is 12.3. The van der Waals surface area contributed by atoms with Crippen LogP contribution in [-0.2, 0) is 6.42 Å². The molecule has 0 unspecified atom stereocenters. The number of hydrogen-bond acceptors (Lipinski definition) is 5. The van der Waals surface area contributed by atoms with Gasteiger partial charge in [0, 0.05) is 32.0 Å². The van der Waals surface area contributed by atoms with Gasteiger partial charge >= 0.3 is 6.03 Å². The minimum atomic E-state index is -0.0148. The fourth-order valence-corrected chi connectivity index (χ4v) is 2.70. The van der Waals surface area contributed by atoms with Crippen LogP contribution < -0.4 is 11.1 Å². The minimum absolute atomic E-state index is 0.0148. The molecular formula is C14H23N5O2. The third-order valence-electron chi connectivity index (χ3n) is 4.17. The Hall–Kier alpha value is -1.63. The summed E-state index contributed by atoms with van der Waals surface area (Å²) in [4.78, 5) is 18.3. The summed E-state index contributed by atoms with van der Waals surface area (Å²) < 4.78 is 5.19. The van der Waals surface area contributed by atoms with E-state index in [4.69, 9.17) is 10.3 Å². The predicted octanol–water partition coefficient (Wildman–Crippen LogP) is 0.870. The van der Waals surface area contributed by atoms with Crippen LogP contribution in [-0.4, -0.2) is 47.3 Å². The number of rotatable bonds is 5. The first-order chi connectivity index (χ1) is 10.3. The lowest BCUT2D eigenvalue weighted by Crippen LogP contribution is -2.47. The average molecular weight is 293 g/mol. The van der Waals surface area contributed by atoms with Gasteiger partial charge in [-0.25, -0.2) is 4.79 Å². The molecule has 1 aliphatic carbocycles. The van der Waals surface area contributed by atoms with E-state index in [1.165, 1.54) is 0 Å². The number of likely N-dealkylation sites (tertiary alicyclic amines) is 1. The van der Waals surface area contributed by atoms with Crippen LogP contribution in [0.15, 0.2) is 4.52 Å². The molecule has 0 spiro atoms. The molecule has 21 heavy (non-hydrogen) atoms. The molecule has 2 aliphatic rings. The molecule has 7 nitrogen and oxygen atoms in total.